The topological polar surface area (TPSA) is 58.8 Å². The third-order valence-corrected chi connectivity index (χ3v) is 5.52. The fourth-order valence-electron chi connectivity index (χ4n) is 3.57. The van der Waals surface area contributed by atoms with Gasteiger partial charge in [-0.3, -0.25) is 9.20 Å². The lowest BCUT2D eigenvalue weighted by atomic mass is 10.0. The molecule has 3 aromatic carbocycles. The lowest BCUT2D eigenvalue weighted by Crippen LogP contribution is -2.14. The van der Waals surface area contributed by atoms with Gasteiger partial charge in [-0.05, 0) is 18.2 Å². The molecule has 0 unspecified atom stereocenters. The third kappa shape index (κ3) is 4.40. The van der Waals surface area contributed by atoms with Crippen LogP contribution in [0, 0.1) is 0 Å². The Morgan fingerprint density at radius 1 is 0.848 bits per heavy atom. The van der Waals surface area contributed by atoms with Crippen molar-refractivity contribution in [1.82, 2.24) is 9.38 Å². The van der Waals surface area contributed by atoms with Crippen LogP contribution < -0.4 is 5.32 Å². The number of rotatable bonds is 5. The summed E-state index contributed by atoms with van der Waals surface area (Å²) in [6, 6.07) is 30.9. The summed E-state index contributed by atoms with van der Waals surface area (Å²) < 4.78 is 1.73. The molecule has 5 rings (SSSR count). The fourth-order valence-corrected chi connectivity index (χ4v) is 3.76. The summed E-state index contributed by atoms with van der Waals surface area (Å²) >= 11 is 6.17. The summed E-state index contributed by atoms with van der Waals surface area (Å²) in [5.74, 6) is -0.291. The molecule has 0 atom stereocenters. The first kappa shape index (κ1) is 20.7. The molecule has 5 nitrogen and oxygen atoms in total. The first-order valence-electron chi connectivity index (χ1n) is 10.4. The molecular weight excluding hydrogens is 432 g/mol. The highest BCUT2D eigenvalue weighted by molar-refractivity contribution is 6.33. The van der Waals surface area contributed by atoms with Crippen molar-refractivity contribution < 1.29 is 4.79 Å². The van der Waals surface area contributed by atoms with Crippen LogP contribution in [0.5, 0.6) is 0 Å². The number of imidazole rings is 1. The van der Waals surface area contributed by atoms with E-state index in [9.17, 15) is 4.79 Å². The van der Waals surface area contributed by atoms with E-state index in [4.69, 9.17) is 16.6 Å². The zero-order valence-electron chi connectivity index (χ0n) is 17.5. The quantitative estimate of drug-likeness (QED) is 0.314. The number of fused-ring (bicyclic) bond motifs is 1. The van der Waals surface area contributed by atoms with E-state index >= 15 is 0 Å². The lowest BCUT2D eigenvalue weighted by Gasteiger charge is -2.09. The fraction of sp³-hybridized carbons (Fsp3) is 0. The zero-order chi connectivity index (χ0) is 22.6. The second-order valence-electron chi connectivity index (χ2n) is 7.38. The van der Waals surface area contributed by atoms with Crippen molar-refractivity contribution in [3.8, 4) is 0 Å². The van der Waals surface area contributed by atoms with Crippen molar-refractivity contribution in [3.05, 3.63) is 131 Å². The van der Waals surface area contributed by atoms with Gasteiger partial charge < -0.3 is 5.32 Å². The molecule has 2 aromatic heterocycles. The Kier molecular flexibility index (Phi) is 5.70. The second kappa shape index (κ2) is 9.10. The lowest BCUT2D eigenvalue weighted by molar-refractivity contribution is 0.102. The molecule has 0 saturated carbocycles. The number of aliphatic imine (C=N–C) groups is 1. The van der Waals surface area contributed by atoms with Crippen molar-refractivity contribution in [2.45, 2.75) is 0 Å². The number of hydrogen-bond donors (Lipinski definition) is 1. The van der Waals surface area contributed by atoms with E-state index in [0.29, 0.717) is 22.1 Å². The van der Waals surface area contributed by atoms with Crippen molar-refractivity contribution in [1.29, 1.82) is 0 Å². The number of aromatic nitrogens is 2. The molecule has 0 radical (unpaired) electrons. The minimum absolute atomic E-state index is 0.291. The average molecular weight is 451 g/mol. The van der Waals surface area contributed by atoms with Gasteiger partial charge in [-0.2, -0.15) is 0 Å². The largest absolute Gasteiger partial charge is 0.319 e. The maximum Gasteiger partial charge on any atom is 0.274 e. The van der Waals surface area contributed by atoms with E-state index in [1.165, 1.54) is 0 Å². The second-order valence-corrected chi connectivity index (χ2v) is 7.79. The smallest absolute Gasteiger partial charge is 0.274 e. The molecule has 160 valence electrons. The number of pyridine rings is 1. The Morgan fingerprint density at radius 2 is 1.48 bits per heavy atom. The monoisotopic (exact) mass is 450 g/mol. The maximum absolute atomic E-state index is 12.8. The van der Waals surface area contributed by atoms with E-state index in [2.05, 4.69) is 10.3 Å². The molecule has 0 bridgehead atoms. The molecule has 0 spiro atoms. The van der Waals surface area contributed by atoms with E-state index in [0.717, 1.165) is 22.5 Å². The van der Waals surface area contributed by atoms with Crippen molar-refractivity contribution in [2.75, 3.05) is 5.32 Å². The number of anilines is 1. The van der Waals surface area contributed by atoms with Gasteiger partial charge in [0, 0.05) is 23.4 Å². The first-order valence-corrected chi connectivity index (χ1v) is 10.8. The van der Waals surface area contributed by atoms with Gasteiger partial charge in [-0.15, -0.1) is 0 Å². The van der Waals surface area contributed by atoms with Crippen molar-refractivity contribution >= 4 is 40.2 Å². The minimum Gasteiger partial charge on any atom is -0.319 e. The number of carbonyl (C=O) groups excluding carboxylic acids is 1. The summed E-state index contributed by atoms with van der Waals surface area (Å²) in [6.45, 7) is 0. The van der Waals surface area contributed by atoms with Gasteiger partial charge in [0.25, 0.3) is 5.91 Å². The van der Waals surface area contributed by atoms with E-state index in [1.807, 2.05) is 84.9 Å². The first-order chi connectivity index (χ1) is 16.2. The van der Waals surface area contributed by atoms with Gasteiger partial charge in [0.1, 0.15) is 11.3 Å². The highest BCUT2D eigenvalue weighted by Gasteiger charge is 2.14. The molecule has 0 aliphatic rings. The average Bonchev–Trinajstić information content (AvgIpc) is 3.28. The summed E-state index contributed by atoms with van der Waals surface area (Å²) in [4.78, 5) is 22.2. The molecule has 33 heavy (non-hydrogen) atoms. The summed E-state index contributed by atoms with van der Waals surface area (Å²) in [5, 5.41) is 3.31. The summed E-state index contributed by atoms with van der Waals surface area (Å²) in [5.41, 5.74) is 5.24. The Hall–Kier alpha value is -4.22. The highest BCUT2D eigenvalue weighted by Crippen LogP contribution is 2.23. The maximum atomic E-state index is 12.8. The number of carbonyl (C=O) groups is 1. The van der Waals surface area contributed by atoms with Crippen LogP contribution >= 0.6 is 11.6 Å². The van der Waals surface area contributed by atoms with Gasteiger partial charge in [0.2, 0.25) is 0 Å². The van der Waals surface area contributed by atoms with Crippen LogP contribution in [0.3, 0.4) is 0 Å². The molecule has 0 aliphatic heterocycles. The van der Waals surface area contributed by atoms with Crippen LogP contribution in [-0.4, -0.2) is 21.0 Å². The number of halogens is 1. The molecule has 0 saturated heterocycles. The Morgan fingerprint density at radius 3 is 2.15 bits per heavy atom. The highest BCUT2D eigenvalue weighted by atomic mass is 35.5. The molecule has 6 heteroatoms. The standard InChI is InChI=1S/C27H19ClN4O/c28-22-13-7-8-14-23(22)31-27(33)24-18-29-25-17-21(15-16-32(24)25)30-26(19-9-3-1-4-10-19)20-11-5-2-6-12-20/h1-18H,(H,31,33). The predicted molar refractivity (Wildman–Crippen MR) is 133 cm³/mol. The molecule has 1 N–H and O–H groups in total. The van der Waals surface area contributed by atoms with Crippen LogP contribution in [0.4, 0.5) is 11.4 Å². The number of hydrogen-bond acceptors (Lipinski definition) is 3. The van der Waals surface area contributed by atoms with Crippen LogP contribution in [-0.2, 0) is 0 Å². The number of para-hydroxylation sites is 1. The number of nitrogens with one attached hydrogen (secondary N) is 1. The van der Waals surface area contributed by atoms with E-state index in [1.54, 1.807) is 28.9 Å². The van der Waals surface area contributed by atoms with Gasteiger partial charge in [0.15, 0.2) is 0 Å². The number of amides is 1. The SMILES string of the molecule is O=C(Nc1ccccc1Cl)c1cnc2cc(N=C(c3ccccc3)c3ccccc3)ccn12. The minimum atomic E-state index is -0.291. The summed E-state index contributed by atoms with van der Waals surface area (Å²) in [7, 11) is 0. The van der Waals surface area contributed by atoms with Gasteiger partial charge in [-0.25, -0.2) is 9.98 Å². The molecule has 1 amide bonds. The zero-order valence-corrected chi connectivity index (χ0v) is 18.3. The van der Waals surface area contributed by atoms with Crippen LogP contribution in [0.1, 0.15) is 21.6 Å². The van der Waals surface area contributed by atoms with Gasteiger partial charge >= 0.3 is 0 Å². The normalized spacial score (nSPS) is 10.7. The van der Waals surface area contributed by atoms with Crippen molar-refractivity contribution in [2.24, 2.45) is 4.99 Å². The third-order valence-electron chi connectivity index (χ3n) is 5.19. The molecule has 0 aliphatic carbocycles. The number of nitrogens with zero attached hydrogens (tertiary/aromatic N) is 3. The van der Waals surface area contributed by atoms with Crippen molar-refractivity contribution in [3.63, 3.8) is 0 Å². The Bertz CT molecular complexity index is 1420. The molecule has 5 aromatic rings. The molecular formula is C27H19ClN4O. The Labute approximate surface area is 196 Å². The van der Waals surface area contributed by atoms with Crippen LogP contribution in [0.2, 0.25) is 5.02 Å². The molecule has 0 fully saturated rings. The predicted octanol–water partition coefficient (Wildman–Crippen LogP) is 6.41. The van der Waals surface area contributed by atoms with Gasteiger partial charge in [-0.1, -0.05) is 84.4 Å². The van der Waals surface area contributed by atoms with Gasteiger partial charge in [0.05, 0.1) is 28.3 Å². The van der Waals surface area contributed by atoms with Crippen LogP contribution in [0.15, 0.2) is 114 Å². The summed E-state index contributed by atoms with van der Waals surface area (Å²) in [6.07, 6.45) is 3.35. The number of benzene rings is 3. The molecule has 2 heterocycles. The Balaban J connectivity index is 1.50. The van der Waals surface area contributed by atoms with Crippen LogP contribution in [0.25, 0.3) is 5.65 Å². The van der Waals surface area contributed by atoms with E-state index < -0.39 is 0 Å². The van der Waals surface area contributed by atoms with E-state index in [-0.39, 0.29) is 5.91 Å².